The third kappa shape index (κ3) is 5.31. The van der Waals surface area contributed by atoms with Crippen LogP contribution in [0.1, 0.15) is 24.8 Å². The van der Waals surface area contributed by atoms with Gasteiger partial charge in [-0.25, -0.2) is 13.6 Å². The maximum atomic E-state index is 14.7. The van der Waals surface area contributed by atoms with E-state index in [1.165, 1.54) is 29.0 Å². The minimum absolute atomic E-state index is 0.0492. The monoisotopic (exact) mass is 492 g/mol. The summed E-state index contributed by atoms with van der Waals surface area (Å²) in [6, 6.07) is 10.5. The molecule has 2 unspecified atom stereocenters. The molecule has 168 valence electrons. The Hall–Kier alpha value is -2.42. The molecule has 3 aromatic rings. The zero-order valence-electron chi connectivity index (χ0n) is 17.3. The van der Waals surface area contributed by atoms with Gasteiger partial charge in [-0.2, -0.15) is 0 Å². The van der Waals surface area contributed by atoms with Gasteiger partial charge < -0.3 is 9.47 Å². The van der Waals surface area contributed by atoms with Gasteiger partial charge >= 0.3 is 0 Å². The summed E-state index contributed by atoms with van der Waals surface area (Å²) < 4.78 is 41.0. The van der Waals surface area contributed by atoms with Gasteiger partial charge in [-0.05, 0) is 48.6 Å². The summed E-state index contributed by atoms with van der Waals surface area (Å²) in [4.78, 5) is 3.95. The molecule has 0 saturated heterocycles. The quantitative estimate of drug-likeness (QED) is 0.398. The average Bonchev–Trinajstić information content (AvgIpc) is 3.32. The fraction of sp³-hybridized carbons (Fsp3) is 0.261. The average molecular weight is 493 g/mol. The number of halogens is 2. The van der Waals surface area contributed by atoms with E-state index in [-0.39, 0.29) is 21.6 Å². The Balaban J connectivity index is 1.46. The second-order valence-corrected chi connectivity index (χ2v) is 9.59. The molecule has 32 heavy (non-hydrogen) atoms. The number of aromatic nitrogens is 1. The third-order valence-electron chi connectivity index (χ3n) is 5.24. The van der Waals surface area contributed by atoms with Crippen molar-refractivity contribution in [2.75, 3.05) is 18.4 Å². The lowest BCUT2D eigenvalue weighted by atomic mass is 9.84. The third-order valence-corrected chi connectivity index (χ3v) is 7.23. The lowest BCUT2D eigenvalue weighted by Crippen LogP contribution is -2.17. The van der Waals surface area contributed by atoms with Crippen LogP contribution in [0.15, 0.2) is 58.3 Å². The van der Waals surface area contributed by atoms with Crippen molar-refractivity contribution >= 4 is 45.3 Å². The molecule has 1 N–H and O–H groups in total. The van der Waals surface area contributed by atoms with E-state index in [4.69, 9.17) is 21.1 Å². The smallest absolute Gasteiger partial charge is 0.154 e. The van der Waals surface area contributed by atoms with Gasteiger partial charge in [0.05, 0.1) is 29.1 Å². The lowest BCUT2D eigenvalue weighted by Gasteiger charge is -2.25. The summed E-state index contributed by atoms with van der Waals surface area (Å²) >= 11 is 7.68. The van der Waals surface area contributed by atoms with Crippen LogP contribution in [0.25, 0.3) is 5.57 Å². The van der Waals surface area contributed by atoms with Crippen LogP contribution >= 0.6 is 22.9 Å². The molecular formula is C23H22ClFN2O3S2. The van der Waals surface area contributed by atoms with Gasteiger partial charge in [0.2, 0.25) is 0 Å². The second kappa shape index (κ2) is 10.5. The van der Waals surface area contributed by atoms with Gasteiger partial charge in [0.1, 0.15) is 23.1 Å². The first-order chi connectivity index (χ1) is 15.5. The highest BCUT2D eigenvalue weighted by atomic mass is 35.5. The molecule has 0 spiro atoms. The molecule has 1 aromatic heterocycles. The summed E-state index contributed by atoms with van der Waals surface area (Å²) in [6.07, 6.45) is 5.28. The highest BCUT2D eigenvalue weighted by Gasteiger charge is 2.22. The van der Waals surface area contributed by atoms with Crippen molar-refractivity contribution in [3.8, 4) is 11.5 Å². The first kappa shape index (κ1) is 22.8. The number of nitrogens with one attached hydrogen (secondary N) is 1. The van der Waals surface area contributed by atoms with Crippen LogP contribution in [-0.4, -0.2) is 22.9 Å². The van der Waals surface area contributed by atoms with E-state index in [1.807, 2.05) is 24.3 Å². The molecule has 0 aliphatic heterocycles. The van der Waals surface area contributed by atoms with Crippen LogP contribution in [0.4, 0.5) is 10.2 Å². The van der Waals surface area contributed by atoms with Crippen LogP contribution in [0.2, 0.25) is 5.02 Å². The number of anilines is 1. The Labute approximate surface area is 197 Å². The number of rotatable bonds is 8. The maximum absolute atomic E-state index is 14.7. The summed E-state index contributed by atoms with van der Waals surface area (Å²) in [5, 5.41) is 1.90. The first-order valence-electron chi connectivity index (χ1n) is 10.1. The molecule has 0 fully saturated rings. The van der Waals surface area contributed by atoms with Crippen molar-refractivity contribution in [3.63, 3.8) is 0 Å². The minimum Gasteiger partial charge on any atom is -0.497 e. The van der Waals surface area contributed by atoms with E-state index >= 15 is 0 Å². The van der Waals surface area contributed by atoms with Crippen molar-refractivity contribution in [1.82, 2.24) is 4.98 Å². The van der Waals surface area contributed by atoms with Gasteiger partial charge in [0, 0.05) is 17.4 Å². The largest absolute Gasteiger partial charge is 0.497 e. The van der Waals surface area contributed by atoms with E-state index < -0.39 is 16.8 Å². The van der Waals surface area contributed by atoms with Crippen molar-refractivity contribution in [2.45, 2.75) is 24.2 Å². The molecular weight excluding hydrogens is 471 g/mol. The summed E-state index contributed by atoms with van der Waals surface area (Å²) in [6.45, 7) is 0.372. The fourth-order valence-electron chi connectivity index (χ4n) is 3.62. The van der Waals surface area contributed by atoms with Crippen LogP contribution in [0, 0.1) is 11.7 Å². The second-order valence-electron chi connectivity index (χ2n) is 7.28. The Morgan fingerprint density at radius 1 is 1.31 bits per heavy atom. The normalized spacial score (nSPS) is 16.8. The Bertz CT molecular complexity index is 1120. The van der Waals surface area contributed by atoms with E-state index in [0.29, 0.717) is 12.4 Å². The first-order valence-corrected chi connectivity index (χ1v) is 12.5. The SMILES string of the molecule is COc1ccc(C2=CCCCC2COc2cc(F)c(S(=O)Nc3cscn3)cc2Cl)cc1. The molecule has 2 aromatic carbocycles. The summed E-state index contributed by atoms with van der Waals surface area (Å²) in [7, 11) is -0.182. The molecule has 9 heteroatoms. The van der Waals surface area contributed by atoms with Gasteiger partial charge in [0.15, 0.2) is 11.0 Å². The minimum atomic E-state index is -1.82. The molecule has 1 aliphatic carbocycles. The molecule has 4 rings (SSSR count). The molecule has 0 bridgehead atoms. The maximum Gasteiger partial charge on any atom is 0.154 e. The predicted molar refractivity (Wildman–Crippen MR) is 127 cm³/mol. The summed E-state index contributed by atoms with van der Waals surface area (Å²) in [5.74, 6) is 0.968. The van der Waals surface area contributed by atoms with Crippen LogP contribution in [0.3, 0.4) is 0 Å². The molecule has 0 saturated carbocycles. The zero-order valence-corrected chi connectivity index (χ0v) is 19.7. The van der Waals surface area contributed by atoms with Crippen molar-refractivity contribution in [2.24, 2.45) is 5.92 Å². The number of benzene rings is 2. The van der Waals surface area contributed by atoms with E-state index in [0.717, 1.165) is 30.6 Å². The van der Waals surface area contributed by atoms with Crippen LogP contribution < -0.4 is 14.2 Å². The highest BCUT2D eigenvalue weighted by Crippen LogP contribution is 2.35. The number of thiazole rings is 1. The molecule has 1 heterocycles. The number of hydrogen-bond donors (Lipinski definition) is 1. The number of ether oxygens (including phenoxy) is 2. The Morgan fingerprint density at radius 2 is 2.12 bits per heavy atom. The number of methoxy groups -OCH3 is 1. The van der Waals surface area contributed by atoms with Crippen molar-refractivity contribution < 1.29 is 18.1 Å². The van der Waals surface area contributed by atoms with E-state index in [1.54, 1.807) is 18.0 Å². The van der Waals surface area contributed by atoms with Gasteiger partial charge in [-0.15, -0.1) is 11.3 Å². The molecule has 2 atom stereocenters. The number of hydrogen-bond acceptors (Lipinski definition) is 5. The molecule has 5 nitrogen and oxygen atoms in total. The van der Waals surface area contributed by atoms with Crippen LogP contribution in [-0.2, 0) is 11.0 Å². The molecule has 0 radical (unpaired) electrons. The Morgan fingerprint density at radius 3 is 2.84 bits per heavy atom. The fourth-order valence-corrected chi connectivity index (χ4v) is 5.33. The van der Waals surface area contributed by atoms with E-state index in [9.17, 15) is 8.60 Å². The Kier molecular flexibility index (Phi) is 7.44. The van der Waals surface area contributed by atoms with Gasteiger partial charge in [-0.1, -0.05) is 29.8 Å². The molecule has 0 amide bonds. The molecule has 1 aliphatic rings. The predicted octanol–water partition coefficient (Wildman–Crippen LogP) is 6.34. The van der Waals surface area contributed by atoms with Crippen molar-refractivity contribution in [3.05, 3.63) is 69.8 Å². The number of allylic oxidation sites excluding steroid dienone is 1. The van der Waals surface area contributed by atoms with Gasteiger partial charge in [-0.3, -0.25) is 4.72 Å². The van der Waals surface area contributed by atoms with Crippen molar-refractivity contribution in [1.29, 1.82) is 0 Å². The lowest BCUT2D eigenvalue weighted by molar-refractivity contribution is 0.267. The summed E-state index contributed by atoms with van der Waals surface area (Å²) in [5.41, 5.74) is 3.93. The van der Waals surface area contributed by atoms with Crippen LogP contribution in [0.5, 0.6) is 11.5 Å². The standard InChI is InChI=1S/C23H22ClFN2O3S2/c1-29-17-8-6-15(7-9-17)18-5-3-2-4-16(18)12-30-21-11-20(25)22(10-19(21)24)32(28)27-23-13-31-14-26-23/h5-11,13-14,16,27H,2-4,12H2,1H3. The highest BCUT2D eigenvalue weighted by molar-refractivity contribution is 7.86. The van der Waals surface area contributed by atoms with Gasteiger partial charge in [0.25, 0.3) is 0 Å². The number of nitrogens with zero attached hydrogens (tertiary/aromatic N) is 1. The topological polar surface area (TPSA) is 60.5 Å². The zero-order chi connectivity index (χ0) is 22.5. The van der Waals surface area contributed by atoms with E-state index in [2.05, 4.69) is 15.8 Å².